The van der Waals surface area contributed by atoms with Crippen LogP contribution in [-0.2, 0) is 14.4 Å². The van der Waals surface area contributed by atoms with E-state index in [-0.39, 0.29) is 48.5 Å². The van der Waals surface area contributed by atoms with Crippen LogP contribution in [0.15, 0.2) is 0 Å². The number of amides is 3. The van der Waals surface area contributed by atoms with Crippen molar-refractivity contribution < 1.29 is 14.4 Å². The van der Waals surface area contributed by atoms with Crippen LogP contribution in [0.4, 0.5) is 0 Å². The summed E-state index contributed by atoms with van der Waals surface area (Å²) in [6.45, 7) is 1.83. The third kappa shape index (κ3) is 2.99. The van der Waals surface area contributed by atoms with Crippen molar-refractivity contribution in [1.29, 1.82) is 0 Å². The second kappa shape index (κ2) is 6.96. The van der Waals surface area contributed by atoms with Gasteiger partial charge in [0.1, 0.15) is 6.54 Å². The van der Waals surface area contributed by atoms with E-state index in [1.807, 2.05) is 0 Å². The standard InChI is InChI=1S/C15H23N3O3.ClH/c16-7-10-5-6-17(8-10)13(19)9-18-14(20)11-3-1-2-4-12(11)15(18)21;/h10-12H,1-9,16H2;1H. The molecule has 0 aromatic rings. The Morgan fingerprint density at radius 2 is 1.68 bits per heavy atom. The topological polar surface area (TPSA) is 83.7 Å². The molecule has 2 heterocycles. The SMILES string of the molecule is Cl.NCC1CCN(C(=O)CN2C(=O)C3CCCCC3C2=O)C1. The average Bonchev–Trinajstić information content (AvgIpc) is 3.07. The number of likely N-dealkylation sites (tertiary alicyclic amines) is 2. The molecule has 0 spiro atoms. The number of carbonyl (C=O) groups is 3. The summed E-state index contributed by atoms with van der Waals surface area (Å²) in [5.41, 5.74) is 5.63. The summed E-state index contributed by atoms with van der Waals surface area (Å²) in [7, 11) is 0. The molecule has 3 atom stereocenters. The smallest absolute Gasteiger partial charge is 0.242 e. The van der Waals surface area contributed by atoms with E-state index in [4.69, 9.17) is 5.73 Å². The molecule has 1 saturated carbocycles. The number of nitrogens with two attached hydrogens (primary N) is 1. The number of imide groups is 1. The molecule has 0 aromatic heterocycles. The molecule has 124 valence electrons. The normalized spacial score (nSPS) is 31.2. The Balaban J connectivity index is 0.00000176. The van der Waals surface area contributed by atoms with Crippen molar-refractivity contribution in [3.63, 3.8) is 0 Å². The van der Waals surface area contributed by atoms with E-state index >= 15 is 0 Å². The van der Waals surface area contributed by atoms with E-state index in [0.717, 1.165) is 32.1 Å². The lowest BCUT2D eigenvalue weighted by molar-refractivity contribution is -0.146. The first kappa shape index (κ1) is 17.2. The molecule has 1 aliphatic carbocycles. The van der Waals surface area contributed by atoms with Crippen LogP contribution < -0.4 is 5.73 Å². The Kier molecular flexibility index (Phi) is 5.45. The first-order chi connectivity index (χ1) is 10.1. The highest BCUT2D eigenvalue weighted by atomic mass is 35.5. The van der Waals surface area contributed by atoms with Crippen LogP contribution in [-0.4, -0.2) is 53.7 Å². The predicted molar refractivity (Wildman–Crippen MR) is 83.2 cm³/mol. The Bertz CT molecular complexity index is 447. The van der Waals surface area contributed by atoms with Gasteiger partial charge < -0.3 is 10.6 Å². The lowest BCUT2D eigenvalue weighted by Gasteiger charge is -2.20. The van der Waals surface area contributed by atoms with Crippen LogP contribution in [0.25, 0.3) is 0 Å². The molecular weight excluding hydrogens is 306 g/mol. The molecule has 2 aliphatic heterocycles. The largest absolute Gasteiger partial charge is 0.341 e. The summed E-state index contributed by atoms with van der Waals surface area (Å²) in [5, 5.41) is 0. The van der Waals surface area contributed by atoms with Crippen molar-refractivity contribution in [2.24, 2.45) is 23.5 Å². The molecular formula is C15H24ClN3O3. The van der Waals surface area contributed by atoms with Gasteiger partial charge in [-0.05, 0) is 31.7 Å². The van der Waals surface area contributed by atoms with E-state index in [1.165, 1.54) is 4.90 Å². The highest BCUT2D eigenvalue weighted by molar-refractivity contribution is 6.07. The Labute approximate surface area is 136 Å². The second-order valence-electron chi connectivity index (χ2n) is 6.49. The van der Waals surface area contributed by atoms with Crippen molar-refractivity contribution in [3.8, 4) is 0 Å². The highest BCUT2D eigenvalue weighted by Crippen LogP contribution is 2.37. The van der Waals surface area contributed by atoms with Gasteiger partial charge in [0.25, 0.3) is 0 Å². The van der Waals surface area contributed by atoms with Gasteiger partial charge in [-0.2, -0.15) is 0 Å². The molecule has 0 aromatic carbocycles. The van der Waals surface area contributed by atoms with Gasteiger partial charge in [-0.25, -0.2) is 0 Å². The molecule has 2 N–H and O–H groups in total. The molecule has 7 heteroatoms. The molecule has 2 saturated heterocycles. The van der Waals surface area contributed by atoms with E-state index in [0.29, 0.717) is 25.6 Å². The number of nitrogens with zero attached hydrogens (tertiary/aromatic N) is 2. The van der Waals surface area contributed by atoms with Gasteiger partial charge in [-0.15, -0.1) is 12.4 Å². The number of fused-ring (bicyclic) bond motifs is 1. The Morgan fingerprint density at radius 3 is 2.18 bits per heavy atom. The number of halogens is 1. The fraction of sp³-hybridized carbons (Fsp3) is 0.800. The zero-order valence-corrected chi connectivity index (χ0v) is 13.5. The summed E-state index contributed by atoms with van der Waals surface area (Å²) in [4.78, 5) is 39.9. The van der Waals surface area contributed by atoms with Crippen LogP contribution in [0.5, 0.6) is 0 Å². The van der Waals surface area contributed by atoms with Gasteiger partial charge in [0.15, 0.2) is 0 Å². The van der Waals surface area contributed by atoms with Crippen LogP contribution in [0, 0.1) is 17.8 Å². The van der Waals surface area contributed by atoms with Gasteiger partial charge in [0.2, 0.25) is 17.7 Å². The van der Waals surface area contributed by atoms with Crippen LogP contribution in [0.3, 0.4) is 0 Å². The molecule has 3 aliphatic rings. The molecule has 6 nitrogen and oxygen atoms in total. The zero-order chi connectivity index (χ0) is 15.0. The Morgan fingerprint density at radius 1 is 1.09 bits per heavy atom. The average molecular weight is 330 g/mol. The van der Waals surface area contributed by atoms with Gasteiger partial charge in [0.05, 0.1) is 11.8 Å². The van der Waals surface area contributed by atoms with Gasteiger partial charge in [-0.3, -0.25) is 19.3 Å². The van der Waals surface area contributed by atoms with Gasteiger partial charge in [-0.1, -0.05) is 12.8 Å². The fourth-order valence-corrected chi connectivity index (χ4v) is 3.87. The van der Waals surface area contributed by atoms with E-state index in [1.54, 1.807) is 4.90 Å². The molecule has 3 unspecified atom stereocenters. The zero-order valence-electron chi connectivity index (χ0n) is 12.7. The van der Waals surface area contributed by atoms with Crippen LogP contribution in [0.1, 0.15) is 32.1 Å². The molecule has 22 heavy (non-hydrogen) atoms. The van der Waals surface area contributed by atoms with Crippen molar-refractivity contribution >= 4 is 30.1 Å². The minimum atomic E-state index is -0.172. The van der Waals surface area contributed by atoms with Gasteiger partial charge in [0, 0.05) is 13.1 Å². The maximum absolute atomic E-state index is 12.3. The molecule has 0 radical (unpaired) electrons. The molecule has 3 rings (SSSR count). The minimum Gasteiger partial charge on any atom is -0.341 e. The third-order valence-corrected chi connectivity index (χ3v) is 5.20. The van der Waals surface area contributed by atoms with E-state index < -0.39 is 0 Å². The monoisotopic (exact) mass is 329 g/mol. The maximum atomic E-state index is 12.3. The maximum Gasteiger partial charge on any atom is 0.242 e. The quantitative estimate of drug-likeness (QED) is 0.759. The van der Waals surface area contributed by atoms with E-state index in [2.05, 4.69) is 0 Å². The number of rotatable bonds is 3. The van der Waals surface area contributed by atoms with Crippen molar-refractivity contribution in [1.82, 2.24) is 9.80 Å². The Hall–Kier alpha value is -1.14. The highest BCUT2D eigenvalue weighted by Gasteiger charge is 2.48. The number of hydrogen-bond acceptors (Lipinski definition) is 4. The summed E-state index contributed by atoms with van der Waals surface area (Å²) in [5.74, 6) is -0.378. The van der Waals surface area contributed by atoms with E-state index in [9.17, 15) is 14.4 Å². The van der Waals surface area contributed by atoms with Crippen LogP contribution in [0.2, 0.25) is 0 Å². The second-order valence-corrected chi connectivity index (χ2v) is 6.49. The molecule has 0 bridgehead atoms. The number of carbonyl (C=O) groups excluding carboxylic acids is 3. The predicted octanol–water partition coefficient (Wildman–Crippen LogP) is 0.391. The fourth-order valence-electron chi connectivity index (χ4n) is 3.87. The minimum absolute atomic E-state index is 0. The first-order valence-electron chi connectivity index (χ1n) is 7.95. The lowest BCUT2D eigenvalue weighted by atomic mass is 9.81. The lowest BCUT2D eigenvalue weighted by Crippen LogP contribution is -2.42. The summed E-state index contributed by atoms with van der Waals surface area (Å²) < 4.78 is 0. The summed E-state index contributed by atoms with van der Waals surface area (Å²) >= 11 is 0. The van der Waals surface area contributed by atoms with Gasteiger partial charge >= 0.3 is 0 Å². The van der Waals surface area contributed by atoms with Crippen molar-refractivity contribution in [2.75, 3.05) is 26.2 Å². The molecule has 3 amide bonds. The van der Waals surface area contributed by atoms with Crippen molar-refractivity contribution in [3.05, 3.63) is 0 Å². The van der Waals surface area contributed by atoms with Crippen molar-refractivity contribution in [2.45, 2.75) is 32.1 Å². The van der Waals surface area contributed by atoms with Crippen LogP contribution >= 0.6 is 12.4 Å². The first-order valence-corrected chi connectivity index (χ1v) is 7.95. The summed E-state index contributed by atoms with van der Waals surface area (Å²) in [6, 6.07) is 0. The summed E-state index contributed by atoms with van der Waals surface area (Å²) in [6.07, 6.45) is 4.51. The number of hydrogen-bond donors (Lipinski definition) is 1. The molecule has 3 fully saturated rings. The third-order valence-electron chi connectivity index (χ3n) is 5.20.